The normalized spacial score (nSPS) is 21.1. The topological polar surface area (TPSA) is 86.4 Å². The Morgan fingerprint density at radius 2 is 1.93 bits per heavy atom. The van der Waals surface area contributed by atoms with Crippen molar-refractivity contribution < 1.29 is 19.1 Å². The second kappa shape index (κ2) is 12.1. The number of hydrogen-bond donors (Lipinski definition) is 2. The number of rotatable bonds is 7. The molecule has 216 valence electrons. The number of benzene rings is 2. The van der Waals surface area contributed by atoms with Gasteiger partial charge in [-0.3, -0.25) is 9.69 Å². The molecule has 2 N–H and O–H groups in total. The maximum absolute atomic E-state index is 13.9. The van der Waals surface area contributed by atoms with Crippen LogP contribution in [0.1, 0.15) is 43.9 Å². The summed E-state index contributed by atoms with van der Waals surface area (Å²) >= 11 is 0. The molecule has 3 amide bonds. The molecule has 2 aromatic rings. The number of amides is 3. The van der Waals surface area contributed by atoms with Crippen LogP contribution in [0.4, 0.5) is 4.79 Å². The van der Waals surface area contributed by atoms with Crippen LogP contribution in [-0.4, -0.2) is 90.7 Å². The minimum atomic E-state index is -0.386. The largest absolute Gasteiger partial charge is 0.497 e. The Morgan fingerprint density at radius 1 is 1.12 bits per heavy atom. The lowest BCUT2D eigenvalue weighted by Crippen LogP contribution is -2.52. The van der Waals surface area contributed by atoms with Gasteiger partial charge in [-0.2, -0.15) is 0 Å². The van der Waals surface area contributed by atoms with Gasteiger partial charge in [0.15, 0.2) is 0 Å². The molecule has 2 fully saturated rings. The van der Waals surface area contributed by atoms with E-state index in [1.807, 2.05) is 54.8 Å². The number of urea groups is 1. The third-order valence-electron chi connectivity index (χ3n) is 7.91. The fourth-order valence-corrected chi connectivity index (χ4v) is 5.90. The summed E-state index contributed by atoms with van der Waals surface area (Å²) in [5, 5.41) is 6.50. The van der Waals surface area contributed by atoms with Crippen LogP contribution in [0, 0.1) is 0 Å². The van der Waals surface area contributed by atoms with Gasteiger partial charge < -0.3 is 29.9 Å². The van der Waals surface area contributed by atoms with Gasteiger partial charge in [-0.05, 0) is 62.1 Å². The van der Waals surface area contributed by atoms with E-state index in [9.17, 15) is 9.59 Å². The molecule has 9 heteroatoms. The molecule has 0 saturated carbocycles. The zero-order chi connectivity index (χ0) is 28.3. The quantitative estimate of drug-likeness (QED) is 0.552. The Bertz CT molecular complexity index is 1210. The van der Waals surface area contributed by atoms with Crippen molar-refractivity contribution in [3.8, 4) is 11.5 Å². The van der Waals surface area contributed by atoms with Crippen LogP contribution >= 0.6 is 0 Å². The van der Waals surface area contributed by atoms with Crippen LogP contribution in [0.5, 0.6) is 11.5 Å². The fourth-order valence-electron chi connectivity index (χ4n) is 5.90. The van der Waals surface area contributed by atoms with Crippen LogP contribution in [0.15, 0.2) is 42.5 Å². The number of carbonyl (C=O) groups excluding carboxylic acids is 2. The van der Waals surface area contributed by atoms with E-state index in [0.717, 1.165) is 48.7 Å². The van der Waals surface area contributed by atoms with E-state index in [2.05, 4.69) is 33.7 Å². The van der Waals surface area contributed by atoms with Crippen molar-refractivity contribution in [3.63, 3.8) is 0 Å². The van der Waals surface area contributed by atoms with E-state index >= 15 is 0 Å². The summed E-state index contributed by atoms with van der Waals surface area (Å²) in [7, 11) is 1.65. The SMILES string of the molecule is COc1cccc(CN(C(=O)NC(C)(C)C)[C@H]2C[C@@H](C(=O)N3CCNCC3)N(Cc3ccc4c(c3)OCC4)C2)c1. The zero-order valence-corrected chi connectivity index (χ0v) is 24.2. The van der Waals surface area contributed by atoms with Crippen LogP contribution in [0.3, 0.4) is 0 Å². The Hall–Kier alpha value is -3.30. The highest BCUT2D eigenvalue weighted by Crippen LogP contribution is 2.31. The molecule has 3 aliphatic rings. The first-order valence-electron chi connectivity index (χ1n) is 14.4. The van der Waals surface area contributed by atoms with E-state index < -0.39 is 0 Å². The monoisotopic (exact) mass is 549 g/mol. The minimum Gasteiger partial charge on any atom is -0.497 e. The maximum Gasteiger partial charge on any atom is 0.318 e. The number of piperazine rings is 1. The van der Waals surface area contributed by atoms with Crippen LogP contribution in [-0.2, 0) is 24.3 Å². The maximum atomic E-state index is 13.9. The number of hydrogen-bond acceptors (Lipinski definition) is 6. The molecule has 0 aliphatic carbocycles. The van der Waals surface area contributed by atoms with Crippen molar-refractivity contribution in [3.05, 3.63) is 59.2 Å². The van der Waals surface area contributed by atoms with E-state index in [-0.39, 0.29) is 29.6 Å². The summed E-state index contributed by atoms with van der Waals surface area (Å²) in [5.74, 6) is 1.86. The lowest BCUT2D eigenvalue weighted by atomic mass is 10.1. The molecule has 40 heavy (non-hydrogen) atoms. The first kappa shape index (κ1) is 28.2. The average Bonchev–Trinajstić information content (AvgIpc) is 3.58. The third kappa shape index (κ3) is 6.70. The second-order valence-corrected chi connectivity index (χ2v) is 12.1. The first-order chi connectivity index (χ1) is 19.2. The molecule has 2 aromatic carbocycles. The van der Waals surface area contributed by atoms with Gasteiger partial charge in [-0.15, -0.1) is 0 Å². The summed E-state index contributed by atoms with van der Waals surface area (Å²) < 4.78 is 11.3. The summed E-state index contributed by atoms with van der Waals surface area (Å²) in [6.45, 7) is 11.4. The third-order valence-corrected chi connectivity index (χ3v) is 7.91. The summed E-state index contributed by atoms with van der Waals surface area (Å²) in [5.41, 5.74) is 2.96. The van der Waals surface area contributed by atoms with Gasteiger partial charge in [0, 0.05) is 63.8 Å². The average molecular weight is 550 g/mol. The van der Waals surface area contributed by atoms with Gasteiger partial charge in [-0.25, -0.2) is 4.79 Å². The molecule has 0 unspecified atom stereocenters. The van der Waals surface area contributed by atoms with E-state index in [1.165, 1.54) is 5.56 Å². The standard InChI is InChI=1S/C31H43N5O4/c1-31(2,3)33-30(38)36(20-22-6-5-7-26(16-22)39-4)25-18-27(29(37)34-13-11-32-12-14-34)35(21-25)19-23-8-9-24-10-15-40-28(24)17-23/h5-9,16-17,25,27,32H,10-15,18-21H2,1-4H3,(H,33,38)/t25-,27-/m0/s1. The lowest BCUT2D eigenvalue weighted by Gasteiger charge is -2.33. The molecule has 0 radical (unpaired) electrons. The fraction of sp³-hybridized carbons (Fsp3) is 0.548. The number of likely N-dealkylation sites (tertiary alicyclic amines) is 1. The molecule has 0 bridgehead atoms. The molecule has 0 aromatic heterocycles. The summed E-state index contributed by atoms with van der Waals surface area (Å²) in [4.78, 5) is 33.8. The smallest absolute Gasteiger partial charge is 0.318 e. The highest BCUT2D eigenvalue weighted by atomic mass is 16.5. The first-order valence-corrected chi connectivity index (χ1v) is 14.4. The highest BCUT2D eigenvalue weighted by molar-refractivity contribution is 5.83. The summed E-state index contributed by atoms with van der Waals surface area (Å²) in [6.07, 6.45) is 1.53. The van der Waals surface area contributed by atoms with Crippen molar-refractivity contribution in [2.24, 2.45) is 0 Å². The van der Waals surface area contributed by atoms with Crippen molar-refractivity contribution in [2.45, 2.75) is 64.3 Å². The molecule has 3 heterocycles. The van der Waals surface area contributed by atoms with Gasteiger partial charge in [0.1, 0.15) is 11.5 Å². The summed E-state index contributed by atoms with van der Waals surface area (Å²) in [6, 6.07) is 13.7. The van der Waals surface area contributed by atoms with E-state index in [0.29, 0.717) is 39.1 Å². The molecule has 2 atom stereocenters. The number of carbonyl (C=O) groups is 2. The Morgan fingerprint density at radius 3 is 2.67 bits per heavy atom. The van der Waals surface area contributed by atoms with Crippen molar-refractivity contribution in [1.29, 1.82) is 0 Å². The Balaban J connectivity index is 1.42. The van der Waals surface area contributed by atoms with Gasteiger partial charge in [0.2, 0.25) is 5.91 Å². The van der Waals surface area contributed by atoms with Gasteiger partial charge >= 0.3 is 6.03 Å². The molecule has 0 spiro atoms. The number of fused-ring (bicyclic) bond motifs is 1. The molecule has 5 rings (SSSR count). The molecule has 3 aliphatic heterocycles. The van der Waals surface area contributed by atoms with Gasteiger partial charge in [0.25, 0.3) is 0 Å². The van der Waals surface area contributed by atoms with Crippen molar-refractivity contribution in [2.75, 3.05) is 46.4 Å². The van der Waals surface area contributed by atoms with Crippen molar-refractivity contribution >= 4 is 11.9 Å². The predicted octanol–water partition coefficient (Wildman–Crippen LogP) is 3.02. The molecular formula is C31H43N5O4. The number of nitrogens with one attached hydrogen (secondary N) is 2. The Kier molecular flexibility index (Phi) is 8.51. The second-order valence-electron chi connectivity index (χ2n) is 12.1. The van der Waals surface area contributed by atoms with E-state index in [1.54, 1.807) is 7.11 Å². The highest BCUT2D eigenvalue weighted by Gasteiger charge is 2.43. The van der Waals surface area contributed by atoms with Gasteiger partial charge in [-0.1, -0.05) is 24.3 Å². The van der Waals surface area contributed by atoms with Crippen LogP contribution in [0.25, 0.3) is 0 Å². The minimum absolute atomic E-state index is 0.124. The molecule has 2 saturated heterocycles. The van der Waals surface area contributed by atoms with E-state index in [4.69, 9.17) is 9.47 Å². The predicted molar refractivity (Wildman–Crippen MR) is 155 cm³/mol. The number of methoxy groups -OCH3 is 1. The molecular weight excluding hydrogens is 506 g/mol. The van der Waals surface area contributed by atoms with Crippen molar-refractivity contribution in [1.82, 2.24) is 25.3 Å². The van der Waals surface area contributed by atoms with Crippen LogP contribution in [0.2, 0.25) is 0 Å². The number of ether oxygens (including phenoxy) is 2. The van der Waals surface area contributed by atoms with Gasteiger partial charge in [0.05, 0.1) is 19.8 Å². The lowest BCUT2D eigenvalue weighted by molar-refractivity contribution is -0.136. The number of nitrogens with zero attached hydrogens (tertiary/aromatic N) is 3. The zero-order valence-electron chi connectivity index (χ0n) is 24.2. The Labute approximate surface area is 237 Å². The van der Waals surface area contributed by atoms with Crippen LogP contribution < -0.4 is 20.1 Å². The molecule has 9 nitrogen and oxygen atoms in total.